The van der Waals surface area contributed by atoms with Crippen LogP contribution in [-0.4, -0.2) is 37.1 Å². The van der Waals surface area contributed by atoms with Gasteiger partial charge in [0.25, 0.3) is 0 Å². The Labute approximate surface area is 73.7 Å². The lowest BCUT2D eigenvalue weighted by Crippen LogP contribution is -2.29. The Bertz CT molecular complexity index is 179. The van der Waals surface area contributed by atoms with E-state index in [9.17, 15) is 4.79 Å². The molecule has 1 atom stereocenters. The summed E-state index contributed by atoms with van der Waals surface area (Å²) in [5, 5.41) is 0. The highest BCUT2D eigenvalue weighted by Crippen LogP contribution is 2.29. The molecule has 0 spiro atoms. The van der Waals surface area contributed by atoms with Gasteiger partial charge in [-0.3, -0.25) is 4.79 Å². The molecule has 0 amide bonds. The van der Waals surface area contributed by atoms with E-state index < -0.39 is 0 Å². The van der Waals surface area contributed by atoms with Crippen LogP contribution in [0.15, 0.2) is 0 Å². The summed E-state index contributed by atoms with van der Waals surface area (Å²) in [5.41, 5.74) is -0.193. The Morgan fingerprint density at radius 1 is 1.58 bits per heavy atom. The smallest absolute Gasteiger partial charge is 0.306 e. The van der Waals surface area contributed by atoms with E-state index >= 15 is 0 Å². The Morgan fingerprint density at radius 3 is 2.67 bits per heavy atom. The van der Waals surface area contributed by atoms with Crippen LogP contribution in [0.1, 0.15) is 26.2 Å². The number of carbonyl (C=O) groups excluding carboxylic acids is 1. The second-order valence-electron chi connectivity index (χ2n) is 3.98. The Hall–Kier alpha value is -0.570. The second kappa shape index (κ2) is 3.44. The lowest BCUT2D eigenvalue weighted by atomic mass is 9.98. The van der Waals surface area contributed by atoms with E-state index in [0.29, 0.717) is 6.42 Å². The number of hydrogen-bond acceptors (Lipinski definition) is 3. The lowest BCUT2D eigenvalue weighted by Gasteiger charge is -2.24. The highest BCUT2D eigenvalue weighted by Gasteiger charge is 2.35. The van der Waals surface area contributed by atoms with Crippen molar-refractivity contribution in [1.29, 1.82) is 0 Å². The molecule has 0 N–H and O–H groups in total. The second-order valence-corrected chi connectivity index (χ2v) is 3.98. The van der Waals surface area contributed by atoms with Crippen LogP contribution in [-0.2, 0) is 9.53 Å². The highest BCUT2D eigenvalue weighted by molar-refractivity contribution is 5.72. The summed E-state index contributed by atoms with van der Waals surface area (Å²) in [7, 11) is 4.06. The van der Waals surface area contributed by atoms with Gasteiger partial charge < -0.3 is 9.64 Å². The fourth-order valence-corrected chi connectivity index (χ4v) is 1.38. The minimum atomic E-state index is -0.193. The van der Waals surface area contributed by atoms with Crippen LogP contribution in [0, 0.1) is 0 Å². The minimum absolute atomic E-state index is 0.0451. The molecule has 0 aromatic carbocycles. The monoisotopic (exact) mass is 171 g/mol. The van der Waals surface area contributed by atoms with Gasteiger partial charge in [-0.15, -0.1) is 0 Å². The van der Waals surface area contributed by atoms with Gasteiger partial charge >= 0.3 is 5.97 Å². The summed E-state index contributed by atoms with van der Waals surface area (Å²) in [6.45, 7) is 2.99. The van der Waals surface area contributed by atoms with Crippen LogP contribution in [0.4, 0.5) is 0 Å². The van der Waals surface area contributed by atoms with Gasteiger partial charge in [-0.1, -0.05) is 0 Å². The number of carbonyl (C=O) groups is 1. The van der Waals surface area contributed by atoms with E-state index in [1.807, 2.05) is 21.0 Å². The van der Waals surface area contributed by atoms with Gasteiger partial charge in [-0.05, 0) is 33.9 Å². The van der Waals surface area contributed by atoms with Crippen molar-refractivity contribution in [2.75, 3.05) is 20.6 Å². The maximum Gasteiger partial charge on any atom is 0.306 e. The van der Waals surface area contributed by atoms with Gasteiger partial charge in [-0.25, -0.2) is 0 Å². The van der Waals surface area contributed by atoms with E-state index in [1.165, 1.54) is 0 Å². The quantitative estimate of drug-likeness (QED) is 0.594. The molecule has 1 aliphatic heterocycles. The lowest BCUT2D eigenvalue weighted by molar-refractivity contribution is -0.147. The van der Waals surface area contributed by atoms with Gasteiger partial charge in [0.2, 0.25) is 0 Å². The predicted molar refractivity (Wildman–Crippen MR) is 46.9 cm³/mol. The van der Waals surface area contributed by atoms with Crippen LogP contribution in [0.5, 0.6) is 0 Å². The van der Waals surface area contributed by atoms with Gasteiger partial charge in [0, 0.05) is 13.0 Å². The van der Waals surface area contributed by atoms with Crippen LogP contribution in [0.2, 0.25) is 0 Å². The molecular weight excluding hydrogens is 154 g/mol. The molecule has 12 heavy (non-hydrogen) atoms. The first kappa shape index (κ1) is 9.52. The van der Waals surface area contributed by atoms with Gasteiger partial charge in [-0.2, -0.15) is 0 Å². The average molecular weight is 171 g/mol. The number of hydrogen-bond donors (Lipinski definition) is 0. The average Bonchev–Trinajstić information content (AvgIpc) is 2.29. The van der Waals surface area contributed by atoms with Crippen LogP contribution < -0.4 is 0 Å². The van der Waals surface area contributed by atoms with E-state index in [0.717, 1.165) is 19.4 Å². The molecule has 0 saturated carbocycles. The van der Waals surface area contributed by atoms with Crippen molar-refractivity contribution in [1.82, 2.24) is 4.90 Å². The fraction of sp³-hybridized carbons (Fsp3) is 0.889. The molecule has 3 heteroatoms. The third-order valence-electron chi connectivity index (χ3n) is 2.31. The topological polar surface area (TPSA) is 29.5 Å². The number of esters is 1. The number of nitrogens with zero attached hydrogens (tertiary/aromatic N) is 1. The molecule has 0 aliphatic carbocycles. The molecule has 1 unspecified atom stereocenters. The first-order valence-electron chi connectivity index (χ1n) is 4.38. The zero-order valence-electron chi connectivity index (χ0n) is 8.09. The molecule has 0 radical (unpaired) electrons. The molecule has 1 aliphatic rings. The maximum absolute atomic E-state index is 10.9. The Kier molecular flexibility index (Phi) is 2.73. The SMILES string of the molecule is CN(C)CCC1(C)CCC(=O)O1. The van der Waals surface area contributed by atoms with Crippen molar-refractivity contribution in [2.45, 2.75) is 31.8 Å². The van der Waals surface area contributed by atoms with Crippen molar-refractivity contribution >= 4 is 5.97 Å². The normalized spacial score (nSPS) is 29.5. The van der Waals surface area contributed by atoms with Crippen molar-refractivity contribution in [3.8, 4) is 0 Å². The number of ether oxygens (including phenoxy) is 1. The van der Waals surface area contributed by atoms with Crippen LogP contribution in [0.25, 0.3) is 0 Å². The first-order chi connectivity index (χ1) is 5.52. The van der Waals surface area contributed by atoms with Gasteiger partial charge in [0.05, 0.1) is 0 Å². The molecule has 0 aromatic rings. The molecule has 1 rings (SSSR count). The molecular formula is C9H17NO2. The van der Waals surface area contributed by atoms with Crippen LogP contribution >= 0.6 is 0 Å². The van der Waals surface area contributed by atoms with E-state index in [1.54, 1.807) is 0 Å². The third-order valence-corrected chi connectivity index (χ3v) is 2.31. The first-order valence-corrected chi connectivity index (χ1v) is 4.38. The molecule has 1 heterocycles. The molecule has 0 aromatic heterocycles. The predicted octanol–water partition coefficient (Wildman–Crippen LogP) is 1.03. The van der Waals surface area contributed by atoms with Crippen molar-refractivity contribution in [2.24, 2.45) is 0 Å². The zero-order chi connectivity index (χ0) is 9.19. The van der Waals surface area contributed by atoms with E-state index in [2.05, 4.69) is 4.90 Å². The van der Waals surface area contributed by atoms with Crippen LogP contribution in [0.3, 0.4) is 0 Å². The summed E-state index contributed by atoms with van der Waals surface area (Å²) in [6.07, 6.45) is 2.40. The zero-order valence-corrected chi connectivity index (χ0v) is 8.09. The largest absolute Gasteiger partial charge is 0.459 e. The van der Waals surface area contributed by atoms with Crippen molar-refractivity contribution < 1.29 is 9.53 Å². The molecule has 70 valence electrons. The van der Waals surface area contributed by atoms with E-state index in [-0.39, 0.29) is 11.6 Å². The third kappa shape index (κ3) is 2.48. The summed E-state index contributed by atoms with van der Waals surface area (Å²) in [6, 6.07) is 0. The fourth-order valence-electron chi connectivity index (χ4n) is 1.38. The van der Waals surface area contributed by atoms with Gasteiger partial charge in [0.1, 0.15) is 5.60 Å². The number of cyclic esters (lactones) is 1. The number of rotatable bonds is 3. The van der Waals surface area contributed by atoms with Crippen molar-refractivity contribution in [3.05, 3.63) is 0 Å². The van der Waals surface area contributed by atoms with E-state index in [4.69, 9.17) is 4.74 Å². The minimum Gasteiger partial charge on any atom is -0.459 e. The summed E-state index contributed by atoms with van der Waals surface area (Å²) < 4.78 is 5.23. The van der Waals surface area contributed by atoms with Crippen molar-refractivity contribution in [3.63, 3.8) is 0 Å². The summed E-state index contributed by atoms with van der Waals surface area (Å²) in [4.78, 5) is 13.0. The Balaban J connectivity index is 2.35. The molecule has 1 saturated heterocycles. The summed E-state index contributed by atoms with van der Waals surface area (Å²) in [5.74, 6) is -0.0451. The summed E-state index contributed by atoms with van der Waals surface area (Å²) >= 11 is 0. The maximum atomic E-state index is 10.9. The molecule has 1 fully saturated rings. The standard InChI is InChI=1S/C9H17NO2/c1-9(6-7-10(2)3)5-4-8(11)12-9/h4-7H2,1-3H3. The molecule has 0 bridgehead atoms. The highest BCUT2D eigenvalue weighted by atomic mass is 16.6. The van der Waals surface area contributed by atoms with Gasteiger partial charge in [0.15, 0.2) is 0 Å². The Morgan fingerprint density at radius 2 is 2.25 bits per heavy atom. The molecule has 3 nitrogen and oxygen atoms in total.